The molecule has 0 saturated carbocycles. The number of rotatable bonds is 4. The number of thioether (sulfide) groups is 1. The third-order valence-corrected chi connectivity index (χ3v) is 3.21. The summed E-state index contributed by atoms with van der Waals surface area (Å²) >= 11 is 4.68. The van der Waals surface area contributed by atoms with Gasteiger partial charge in [0, 0.05) is 15.9 Å². The van der Waals surface area contributed by atoms with Crippen LogP contribution in [-0.4, -0.2) is 11.0 Å². The molecule has 15 heavy (non-hydrogen) atoms. The summed E-state index contributed by atoms with van der Waals surface area (Å²) in [6.07, 6.45) is 2.21. The number of hydrogen-bond donors (Lipinski definition) is 1. The van der Waals surface area contributed by atoms with Crippen LogP contribution in [0.2, 0.25) is 0 Å². The summed E-state index contributed by atoms with van der Waals surface area (Å²) < 4.78 is 1.01. The molecule has 0 aliphatic rings. The van der Waals surface area contributed by atoms with Gasteiger partial charge in [0.2, 0.25) is 0 Å². The number of nitrogens with one attached hydrogen (secondary N) is 1. The summed E-state index contributed by atoms with van der Waals surface area (Å²) in [5, 5.41) is 2.85. The zero-order valence-corrected chi connectivity index (χ0v) is 11.0. The number of carbonyl (C=O) groups excluding carboxylic acids is 1. The largest absolute Gasteiger partial charge is 0.317 e. The predicted octanol–water partition coefficient (Wildman–Crippen LogP) is 4.51. The van der Waals surface area contributed by atoms with Gasteiger partial charge in [0.15, 0.2) is 0 Å². The second kappa shape index (κ2) is 6.90. The van der Waals surface area contributed by atoms with E-state index in [-0.39, 0.29) is 5.24 Å². The second-order valence-electron chi connectivity index (χ2n) is 3.12. The molecule has 0 bridgehead atoms. The molecule has 0 aliphatic carbocycles. The fourth-order valence-electron chi connectivity index (χ4n) is 0.996. The maximum atomic E-state index is 11.4. The van der Waals surface area contributed by atoms with Crippen LogP contribution in [0, 0.1) is 0 Å². The molecule has 82 valence electrons. The van der Waals surface area contributed by atoms with E-state index in [0.29, 0.717) is 0 Å². The molecule has 0 fully saturated rings. The molecule has 0 saturated heterocycles. The van der Waals surface area contributed by atoms with Crippen molar-refractivity contribution in [2.24, 2.45) is 0 Å². The molecule has 0 aromatic heterocycles. The Labute approximate surface area is 103 Å². The third-order valence-electron chi connectivity index (χ3n) is 1.82. The number of benzene rings is 1. The highest BCUT2D eigenvalue weighted by Crippen LogP contribution is 2.16. The molecule has 2 nitrogen and oxygen atoms in total. The SMILES string of the molecule is CCCCSC(=O)Nc1ccc(Br)cc1. The maximum Gasteiger partial charge on any atom is 0.283 e. The van der Waals surface area contributed by atoms with Crippen LogP contribution in [0.4, 0.5) is 10.5 Å². The van der Waals surface area contributed by atoms with Crippen LogP contribution in [0.5, 0.6) is 0 Å². The zero-order chi connectivity index (χ0) is 11.1. The molecule has 0 unspecified atom stereocenters. The smallest absolute Gasteiger partial charge is 0.283 e. The van der Waals surface area contributed by atoms with Gasteiger partial charge in [-0.25, -0.2) is 0 Å². The van der Waals surface area contributed by atoms with Gasteiger partial charge in [0.25, 0.3) is 5.24 Å². The molecule has 0 atom stereocenters. The molecule has 1 N–H and O–H groups in total. The summed E-state index contributed by atoms with van der Waals surface area (Å²) in [5.74, 6) is 0.888. The van der Waals surface area contributed by atoms with Gasteiger partial charge >= 0.3 is 0 Å². The van der Waals surface area contributed by atoms with Gasteiger partial charge in [-0.1, -0.05) is 41.0 Å². The zero-order valence-electron chi connectivity index (χ0n) is 8.63. The monoisotopic (exact) mass is 287 g/mol. The molecular weight excluding hydrogens is 274 g/mol. The van der Waals surface area contributed by atoms with Crippen molar-refractivity contribution in [1.82, 2.24) is 0 Å². The fourth-order valence-corrected chi connectivity index (χ4v) is 2.07. The Morgan fingerprint density at radius 1 is 1.40 bits per heavy atom. The van der Waals surface area contributed by atoms with Crippen LogP contribution in [-0.2, 0) is 0 Å². The summed E-state index contributed by atoms with van der Waals surface area (Å²) in [6, 6.07) is 7.57. The van der Waals surface area contributed by atoms with Crippen molar-refractivity contribution >= 4 is 38.6 Å². The molecule has 1 rings (SSSR count). The number of carbonyl (C=O) groups is 1. The molecule has 0 spiro atoms. The van der Waals surface area contributed by atoms with Crippen LogP contribution in [0.15, 0.2) is 28.7 Å². The number of hydrogen-bond acceptors (Lipinski definition) is 2. The highest BCUT2D eigenvalue weighted by Gasteiger charge is 2.01. The molecule has 0 aliphatic heterocycles. The Hall–Kier alpha value is -0.480. The van der Waals surface area contributed by atoms with Gasteiger partial charge in [-0.15, -0.1) is 0 Å². The minimum atomic E-state index is 0.0192. The average Bonchev–Trinajstić information content (AvgIpc) is 2.22. The van der Waals surface area contributed by atoms with E-state index in [2.05, 4.69) is 28.2 Å². The van der Waals surface area contributed by atoms with Crippen LogP contribution in [0.3, 0.4) is 0 Å². The molecule has 1 aromatic carbocycles. The van der Waals surface area contributed by atoms with Crippen molar-refractivity contribution in [3.05, 3.63) is 28.7 Å². The Morgan fingerprint density at radius 2 is 2.07 bits per heavy atom. The molecule has 1 aromatic rings. The van der Waals surface area contributed by atoms with Crippen molar-refractivity contribution in [2.45, 2.75) is 19.8 Å². The van der Waals surface area contributed by atoms with Crippen molar-refractivity contribution in [1.29, 1.82) is 0 Å². The lowest BCUT2D eigenvalue weighted by molar-refractivity contribution is 0.270. The standard InChI is InChI=1S/C11H14BrNOS/c1-2-3-8-15-11(14)13-10-6-4-9(12)5-7-10/h4-7H,2-3,8H2,1H3,(H,13,14). The Balaban J connectivity index is 2.34. The lowest BCUT2D eigenvalue weighted by Crippen LogP contribution is -2.05. The second-order valence-corrected chi connectivity index (χ2v) is 5.10. The normalized spacial score (nSPS) is 10.0. The van der Waals surface area contributed by atoms with E-state index in [4.69, 9.17) is 0 Å². The van der Waals surface area contributed by atoms with E-state index >= 15 is 0 Å². The Bertz CT molecular complexity index is 313. The minimum absolute atomic E-state index is 0.0192. The number of unbranched alkanes of at least 4 members (excludes halogenated alkanes) is 1. The lowest BCUT2D eigenvalue weighted by Gasteiger charge is -2.04. The van der Waals surface area contributed by atoms with Crippen molar-refractivity contribution in [3.8, 4) is 0 Å². The Morgan fingerprint density at radius 3 is 2.67 bits per heavy atom. The first-order valence-electron chi connectivity index (χ1n) is 4.91. The van der Waals surface area contributed by atoms with Gasteiger partial charge in [-0.3, -0.25) is 4.79 Å². The molecule has 0 heterocycles. The van der Waals surface area contributed by atoms with Gasteiger partial charge in [0.05, 0.1) is 0 Å². The van der Waals surface area contributed by atoms with Crippen LogP contribution >= 0.6 is 27.7 Å². The van der Waals surface area contributed by atoms with Crippen LogP contribution in [0.25, 0.3) is 0 Å². The summed E-state index contributed by atoms with van der Waals surface area (Å²) in [5.41, 5.74) is 0.840. The fraction of sp³-hybridized carbons (Fsp3) is 0.364. The number of anilines is 1. The molecule has 0 radical (unpaired) electrons. The van der Waals surface area contributed by atoms with Crippen LogP contribution in [0.1, 0.15) is 19.8 Å². The van der Waals surface area contributed by atoms with E-state index in [9.17, 15) is 4.79 Å². The number of amides is 1. The summed E-state index contributed by atoms with van der Waals surface area (Å²) in [4.78, 5) is 11.4. The van der Waals surface area contributed by atoms with Crippen molar-refractivity contribution < 1.29 is 4.79 Å². The van der Waals surface area contributed by atoms with Gasteiger partial charge in [-0.05, 0) is 30.7 Å². The van der Waals surface area contributed by atoms with Crippen molar-refractivity contribution in [3.63, 3.8) is 0 Å². The predicted molar refractivity (Wildman–Crippen MR) is 70.5 cm³/mol. The molecule has 4 heteroatoms. The third kappa shape index (κ3) is 5.23. The summed E-state index contributed by atoms with van der Waals surface area (Å²) in [6.45, 7) is 2.12. The first kappa shape index (κ1) is 12.6. The van der Waals surface area contributed by atoms with E-state index < -0.39 is 0 Å². The quantitative estimate of drug-likeness (QED) is 0.826. The van der Waals surface area contributed by atoms with Gasteiger partial charge < -0.3 is 5.32 Å². The average molecular weight is 288 g/mol. The van der Waals surface area contributed by atoms with E-state index in [0.717, 1.165) is 28.8 Å². The van der Waals surface area contributed by atoms with E-state index in [1.165, 1.54) is 11.8 Å². The van der Waals surface area contributed by atoms with E-state index in [1.807, 2.05) is 24.3 Å². The highest BCUT2D eigenvalue weighted by molar-refractivity contribution is 9.10. The molecule has 1 amide bonds. The lowest BCUT2D eigenvalue weighted by atomic mass is 10.3. The summed E-state index contributed by atoms with van der Waals surface area (Å²) in [7, 11) is 0. The first-order chi connectivity index (χ1) is 7.22. The van der Waals surface area contributed by atoms with Gasteiger partial charge in [0.1, 0.15) is 0 Å². The number of halogens is 1. The van der Waals surface area contributed by atoms with Crippen molar-refractivity contribution in [2.75, 3.05) is 11.1 Å². The van der Waals surface area contributed by atoms with Gasteiger partial charge in [-0.2, -0.15) is 0 Å². The van der Waals surface area contributed by atoms with E-state index in [1.54, 1.807) is 0 Å². The molecular formula is C11H14BrNOS. The first-order valence-corrected chi connectivity index (χ1v) is 6.69. The minimum Gasteiger partial charge on any atom is -0.317 e. The highest BCUT2D eigenvalue weighted by atomic mass is 79.9. The Kier molecular flexibility index (Phi) is 5.79. The van der Waals surface area contributed by atoms with Crippen LogP contribution < -0.4 is 5.32 Å². The topological polar surface area (TPSA) is 29.1 Å². The maximum absolute atomic E-state index is 11.4.